The predicted molar refractivity (Wildman–Crippen MR) is 138 cm³/mol. The molecule has 6 nitrogen and oxygen atoms in total. The first-order chi connectivity index (χ1) is 17.0. The van der Waals surface area contributed by atoms with Gasteiger partial charge in [-0.1, -0.05) is 43.5 Å². The fourth-order valence-electron chi connectivity index (χ4n) is 3.27. The van der Waals surface area contributed by atoms with Crippen LogP contribution in [-0.2, 0) is 4.79 Å². The number of rotatable bonds is 11. The van der Waals surface area contributed by atoms with Gasteiger partial charge in [0.2, 0.25) is 0 Å². The minimum Gasteiger partial charge on any atom is -0.493 e. The summed E-state index contributed by atoms with van der Waals surface area (Å²) in [6.45, 7) is 4.77. The Morgan fingerprint density at radius 3 is 2.34 bits per heavy atom. The number of amides is 1. The van der Waals surface area contributed by atoms with Crippen LogP contribution in [0.3, 0.4) is 0 Å². The molecule has 0 atom stereocenters. The Bertz CT molecular complexity index is 1150. The third-order valence-electron chi connectivity index (χ3n) is 5.25. The van der Waals surface area contributed by atoms with Crippen molar-refractivity contribution in [2.45, 2.75) is 33.1 Å². The van der Waals surface area contributed by atoms with Crippen molar-refractivity contribution in [3.8, 4) is 17.2 Å². The largest absolute Gasteiger partial charge is 0.493 e. The lowest BCUT2D eigenvalue weighted by Gasteiger charge is -2.11. The van der Waals surface area contributed by atoms with Gasteiger partial charge in [-0.3, -0.25) is 4.79 Å². The number of unbranched alkanes of at least 4 members (excludes halogenated alkanes) is 2. The predicted octanol–water partition coefficient (Wildman–Crippen LogP) is 6.44. The number of carbonyl (C=O) groups is 2. The van der Waals surface area contributed by atoms with Crippen LogP contribution in [0, 0.1) is 6.92 Å². The Morgan fingerprint density at radius 1 is 0.914 bits per heavy atom. The minimum atomic E-state index is -0.527. The topological polar surface area (TPSA) is 73.9 Å². The average molecular weight is 474 g/mol. The molecule has 3 aromatic rings. The van der Waals surface area contributed by atoms with Crippen LogP contribution >= 0.6 is 0 Å². The Balaban J connectivity index is 1.54. The number of methoxy groups -OCH3 is 1. The van der Waals surface area contributed by atoms with Gasteiger partial charge in [0.1, 0.15) is 5.75 Å². The van der Waals surface area contributed by atoms with E-state index in [4.69, 9.17) is 14.2 Å². The lowest BCUT2D eigenvalue weighted by atomic mass is 10.2. The molecule has 0 aliphatic rings. The molecule has 0 aliphatic carbocycles. The second kappa shape index (κ2) is 13.0. The standard InChI is InChI=1S/C29H31NO5/c1-4-5-6-19-34-26-17-9-22(20-27(26)33-3)10-18-28(31)35-25-15-11-23(12-16-25)29(32)30-24-13-7-21(2)8-14-24/h7-18,20H,4-6,19H2,1-3H3,(H,30,32)/b18-10+. The van der Waals surface area contributed by atoms with Crippen molar-refractivity contribution in [3.05, 3.63) is 89.5 Å². The zero-order chi connectivity index (χ0) is 25.0. The molecule has 0 spiro atoms. The number of nitrogens with one attached hydrogen (secondary N) is 1. The maximum atomic E-state index is 12.4. The molecule has 0 bridgehead atoms. The first-order valence-electron chi connectivity index (χ1n) is 11.7. The van der Waals surface area contributed by atoms with Crippen molar-refractivity contribution >= 4 is 23.6 Å². The highest BCUT2D eigenvalue weighted by molar-refractivity contribution is 6.04. The highest BCUT2D eigenvalue weighted by Crippen LogP contribution is 2.29. The van der Waals surface area contributed by atoms with E-state index >= 15 is 0 Å². The van der Waals surface area contributed by atoms with Gasteiger partial charge in [0.25, 0.3) is 5.91 Å². The summed E-state index contributed by atoms with van der Waals surface area (Å²) in [7, 11) is 1.58. The van der Waals surface area contributed by atoms with Crippen LogP contribution < -0.4 is 19.5 Å². The van der Waals surface area contributed by atoms with E-state index in [0.29, 0.717) is 35.1 Å². The summed E-state index contributed by atoms with van der Waals surface area (Å²) < 4.78 is 16.5. The van der Waals surface area contributed by atoms with E-state index in [9.17, 15) is 9.59 Å². The summed E-state index contributed by atoms with van der Waals surface area (Å²) >= 11 is 0. The molecule has 1 amide bonds. The number of carbonyl (C=O) groups excluding carboxylic acids is 2. The second-order valence-corrected chi connectivity index (χ2v) is 8.06. The summed E-state index contributed by atoms with van der Waals surface area (Å²) in [5, 5.41) is 2.84. The van der Waals surface area contributed by atoms with E-state index in [1.165, 1.54) is 6.08 Å². The molecule has 0 saturated heterocycles. The molecule has 0 unspecified atom stereocenters. The molecular weight excluding hydrogens is 442 g/mol. The van der Waals surface area contributed by atoms with Crippen LogP contribution in [0.15, 0.2) is 72.8 Å². The van der Waals surface area contributed by atoms with Gasteiger partial charge in [-0.15, -0.1) is 0 Å². The zero-order valence-electron chi connectivity index (χ0n) is 20.4. The Morgan fingerprint density at radius 2 is 1.66 bits per heavy atom. The normalized spacial score (nSPS) is 10.7. The van der Waals surface area contributed by atoms with Gasteiger partial charge in [0, 0.05) is 17.3 Å². The van der Waals surface area contributed by atoms with Crippen molar-refractivity contribution in [2.75, 3.05) is 19.0 Å². The van der Waals surface area contributed by atoms with E-state index < -0.39 is 5.97 Å². The van der Waals surface area contributed by atoms with Crippen LogP contribution in [0.25, 0.3) is 6.08 Å². The van der Waals surface area contributed by atoms with Crippen molar-refractivity contribution in [2.24, 2.45) is 0 Å². The molecule has 0 aliphatic heterocycles. The number of benzene rings is 3. The monoisotopic (exact) mass is 473 g/mol. The van der Waals surface area contributed by atoms with Crippen LogP contribution in [0.5, 0.6) is 17.2 Å². The van der Waals surface area contributed by atoms with E-state index in [-0.39, 0.29) is 5.91 Å². The van der Waals surface area contributed by atoms with Gasteiger partial charge < -0.3 is 19.5 Å². The van der Waals surface area contributed by atoms with Crippen LogP contribution in [0.4, 0.5) is 5.69 Å². The quantitative estimate of drug-likeness (QED) is 0.150. The first kappa shape index (κ1) is 25.6. The summed E-state index contributed by atoms with van der Waals surface area (Å²) in [5.41, 5.74) is 3.08. The summed E-state index contributed by atoms with van der Waals surface area (Å²) in [6, 6.07) is 19.4. The number of hydrogen-bond acceptors (Lipinski definition) is 5. The molecule has 0 heterocycles. The van der Waals surface area contributed by atoms with Crippen LogP contribution in [0.2, 0.25) is 0 Å². The summed E-state index contributed by atoms with van der Waals surface area (Å²) in [5.74, 6) is 0.866. The van der Waals surface area contributed by atoms with Crippen molar-refractivity contribution < 1.29 is 23.8 Å². The molecule has 3 rings (SSSR count). The van der Waals surface area contributed by atoms with Crippen molar-refractivity contribution in [3.63, 3.8) is 0 Å². The maximum absolute atomic E-state index is 12.4. The fraction of sp³-hybridized carbons (Fsp3) is 0.241. The third kappa shape index (κ3) is 8.03. The maximum Gasteiger partial charge on any atom is 0.336 e. The van der Waals surface area contributed by atoms with Crippen LogP contribution in [0.1, 0.15) is 47.7 Å². The number of hydrogen-bond donors (Lipinski definition) is 1. The Kier molecular flexibility index (Phi) is 9.49. The number of aryl methyl sites for hydroxylation is 1. The van der Waals surface area contributed by atoms with Gasteiger partial charge in [-0.2, -0.15) is 0 Å². The second-order valence-electron chi connectivity index (χ2n) is 8.06. The van der Waals surface area contributed by atoms with Crippen molar-refractivity contribution in [1.29, 1.82) is 0 Å². The van der Waals surface area contributed by atoms with E-state index in [2.05, 4.69) is 12.2 Å². The molecule has 0 aromatic heterocycles. The highest BCUT2D eigenvalue weighted by Gasteiger charge is 2.08. The molecule has 0 saturated carbocycles. The third-order valence-corrected chi connectivity index (χ3v) is 5.25. The van der Waals surface area contributed by atoms with E-state index in [0.717, 1.165) is 30.4 Å². The number of anilines is 1. The number of ether oxygens (including phenoxy) is 3. The highest BCUT2D eigenvalue weighted by atomic mass is 16.5. The Labute approximate surface area is 206 Å². The van der Waals surface area contributed by atoms with E-state index in [1.54, 1.807) is 43.5 Å². The average Bonchev–Trinajstić information content (AvgIpc) is 2.87. The molecule has 35 heavy (non-hydrogen) atoms. The van der Waals surface area contributed by atoms with E-state index in [1.807, 2.05) is 43.3 Å². The molecular formula is C29H31NO5. The molecule has 3 aromatic carbocycles. The first-order valence-corrected chi connectivity index (χ1v) is 11.7. The smallest absolute Gasteiger partial charge is 0.336 e. The lowest BCUT2D eigenvalue weighted by molar-refractivity contribution is -0.128. The van der Waals surface area contributed by atoms with Crippen LogP contribution in [-0.4, -0.2) is 25.6 Å². The van der Waals surface area contributed by atoms with Gasteiger partial charge in [-0.25, -0.2) is 4.79 Å². The summed E-state index contributed by atoms with van der Waals surface area (Å²) in [4.78, 5) is 24.7. The molecule has 1 N–H and O–H groups in total. The van der Waals surface area contributed by atoms with Crippen molar-refractivity contribution in [1.82, 2.24) is 0 Å². The van der Waals surface area contributed by atoms with Gasteiger partial charge >= 0.3 is 5.97 Å². The van der Waals surface area contributed by atoms with Gasteiger partial charge in [0.15, 0.2) is 11.5 Å². The lowest BCUT2D eigenvalue weighted by Crippen LogP contribution is -2.12. The number of esters is 1. The Hall–Kier alpha value is -4.06. The molecule has 0 fully saturated rings. The van der Waals surface area contributed by atoms with Gasteiger partial charge in [0.05, 0.1) is 13.7 Å². The molecule has 6 heteroatoms. The zero-order valence-corrected chi connectivity index (χ0v) is 20.4. The minimum absolute atomic E-state index is 0.238. The molecule has 182 valence electrons. The molecule has 0 radical (unpaired) electrons. The fourth-order valence-corrected chi connectivity index (χ4v) is 3.27. The van der Waals surface area contributed by atoms with Gasteiger partial charge in [-0.05, 0) is 73.5 Å². The SMILES string of the molecule is CCCCCOc1ccc(/C=C/C(=O)Oc2ccc(C(=O)Nc3ccc(C)cc3)cc2)cc1OC. The summed E-state index contributed by atoms with van der Waals surface area (Å²) in [6.07, 6.45) is 6.23.